The van der Waals surface area contributed by atoms with Crippen LogP contribution in [0, 0.1) is 0 Å². The van der Waals surface area contributed by atoms with Crippen LogP contribution in [0.15, 0.2) is 48.5 Å². The summed E-state index contributed by atoms with van der Waals surface area (Å²) in [5.74, 6) is -0.982. The zero-order valence-electron chi connectivity index (χ0n) is 14.3. The lowest BCUT2D eigenvalue weighted by atomic mass is 9.98. The van der Waals surface area contributed by atoms with E-state index < -0.39 is 17.6 Å². The molecule has 2 aromatic rings. The largest absolute Gasteiger partial charge is 0.481 e. The third-order valence-corrected chi connectivity index (χ3v) is 4.38. The quantitative estimate of drug-likeness (QED) is 0.869. The minimum atomic E-state index is -0.969. The SMILES string of the molecule is CC(C)(CC(=O)O)NC(=O)OCC1c2ccccc2-c2ccccc21. The summed E-state index contributed by atoms with van der Waals surface area (Å²) in [5, 5.41) is 11.5. The first-order valence-electron chi connectivity index (χ1n) is 8.22. The molecule has 0 atom stereocenters. The smallest absolute Gasteiger partial charge is 0.407 e. The molecule has 0 unspecified atom stereocenters. The third-order valence-electron chi connectivity index (χ3n) is 4.38. The van der Waals surface area contributed by atoms with Crippen LogP contribution in [-0.4, -0.2) is 29.3 Å². The Morgan fingerprint density at radius 1 is 1.04 bits per heavy atom. The fourth-order valence-electron chi connectivity index (χ4n) is 3.33. The minimum absolute atomic E-state index is 0.0132. The maximum atomic E-state index is 12.1. The summed E-state index contributed by atoms with van der Waals surface area (Å²) in [6.07, 6.45) is -0.773. The normalized spacial score (nSPS) is 13.0. The number of hydrogen-bond donors (Lipinski definition) is 2. The highest BCUT2D eigenvalue weighted by molar-refractivity contribution is 5.79. The lowest BCUT2D eigenvalue weighted by Gasteiger charge is -2.24. The molecule has 2 N–H and O–H groups in total. The second-order valence-corrected chi connectivity index (χ2v) is 6.90. The number of ether oxygens (including phenoxy) is 1. The number of carboxylic acids is 1. The highest BCUT2D eigenvalue weighted by atomic mass is 16.5. The molecule has 5 nitrogen and oxygen atoms in total. The molecule has 1 amide bonds. The number of carbonyl (C=O) groups excluding carboxylic acids is 1. The Labute approximate surface area is 146 Å². The maximum Gasteiger partial charge on any atom is 0.407 e. The van der Waals surface area contributed by atoms with Gasteiger partial charge in [-0.2, -0.15) is 0 Å². The first kappa shape index (κ1) is 17.0. The second-order valence-electron chi connectivity index (χ2n) is 6.90. The summed E-state index contributed by atoms with van der Waals surface area (Å²) in [6, 6.07) is 16.2. The number of hydrogen-bond acceptors (Lipinski definition) is 3. The predicted octanol–water partition coefficient (Wildman–Crippen LogP) is 3.78. The number of amides is 1. The van der Waals surface area contributed by atoms with Gasteiger partial charge in [-0.1, -0.05) is 48.5 Å². The van der Waals surface area contributed by atoms with Crippen LogP contribution in [0.25, 0.3) is 11.1 Å². The number of carboxylic acid groups (broad SMARTS) is 1. The van der Waals surface area contributed by atoms with E-state index in [2.05, 4.69) is 29.6 Å². The van der Waals surface area contributed by atoms with E-state index >= 15 is 0 Å². The van der Waals surface area contributed by atoms with E-state index in [4.69, 9.17) is 9.84 Å². The number of benzene rings is 2. The Balaban J connectivity index is 1.71. The van der Waals surface area contributed by atoms with E-state index in [9.17, 15) is 9.59 Å². The van der Waals surface area contributed by atoms with Gasteiger partial charge in [-0.3, -0.25) is 4.79 Å². The van der Waals surface area contributed by atoms with E-state index in [0.717, 1.165) is 11.1 Å². The lowest BCUT2D eigenvalue weighted by molar-refractivity contribution is -0.138. The van der Waals surface area contributed by atoms with Gasteiger partial charge in [-0.25, -0.2) is 4.79 Å². The summed E-state index contributed by atoms with van der Waals surface area (Å²) >= 11 is 0. The van der Waals surface area contributed by atoms with Gasteiger partial charge in [0.25, 0.3) is 0 Å². The van der Waals surface area contributed by atoms with Crippen LogP contribution >= 0.6 is 0 Å². The minimum Gasteiger partial charge on any atom is -0.481 e. The molecule has 0 saturated heterocycles. The topological polar surface area (TPSA) is 75.6 Å². The first-order valence-corrected chi connectivity index (χ1v) is 8.22. The monoisotopic (exact) mass is 339 g/mol. The van der Waals surface area contributed by atoms with Crippen molar-refractivity contribution in [3.8, 4) is 11.1 Å². The van der Waals surface area contributed by atoms with Crippen molar-refractivity contribution in [3.05, 3.63) is 59.7 Å². The zero-order valence-corrected chi connectivity index (χ0v) is 14.3. The lowest BCUT2D eigenvalue weighted by Crippen LogP contribution is -2.45. The fourth-order valence-corrected chi connectivity index (χ4v) is 3.33. The van der Waals surface area contributed by atoms with Crippen molar-refractivity contribution < 1.29 is 19.4 Å². The summed E-state index contributed by atoms with van der Waals surface area (Å²) < 4.78 is 5.41. The summed E-state index contributed by atoms with van der Waals surface area (Å²) in [6.45, 7) is 3.52. The van der Waals surface area contributed by atoms with Crippen molar-refractivity contribution in [3.63, 3.8) is 0 Å². The number of fused-ring (bicyclic) bond motifs is 3. The molecule has 0 aromatic heterocycles. The van der Waals surface area contributed by atoms with Crippen molar-refractivity contribution in [2.24, 2.45) is 0 Å². The van der Waals surface area contributed by atoms with Gasteiger partial charge in [0.1, 0.15) is 6.61 Å². The molecule has 0 fully saturated rings. The Morgan fingerprint density at radius 3 is 2.08 bits per heavy atom. The van der Waals surface area contributed by atoms with Gasteiger partial charge >= 0.3 is 12.1 Å². The molecule has 0 bridgehead atoms. The molecule has 25 heavy (non-hydrogen) atoms. The predicted molar refractivity (Wildman–Crippen MR) is 94.5 cm³/mol. The van der Waals surface area contributed by atoms with E-state index in [-0.39, 0.29) is 18.9 Å². The average Bonchev–Trinajstić information content (AvgIpc) is 2.85. The summed E-state index contributed by atoms with van der Waals surface area (Å²) in [7, 11) is 0. The van der Waals surface area contributed by atoms with E-state index in [1.54, 1.807) is 13.8 Å². The van der Waals surface area contributed by atoms with Crippen molar-refractivity contribution in [2.45, 2.75) is 31.7 Å². The Kier molecular flexibility index (Phi) is 4.49. The third kappa shape index (κ3) is 3.65. The summed E-state index contributed by atoms with van der Waals surface area (Å²) in [4.78, 5) is 22.9. The molecule has 1 aliphatic carbocycles. The van der Waals surface area contributed by atoms with Crippen molar-refractivity contribution in [1.29, 1.82) is 0 Å². The van der Waals surface area contributed by atoms with Gasteiger partial charge in [0, 0.05) is 11.5 Å². The van der Waals surface area contributed by atoms with Crippen molar-refractivity contribution >= 4 is 12.1 Å². The van der Waals surface area contributed by atoms with Crippen LogP contribution in [0.2, 0.25) is 0 Å². The molecule has 0 spiro atoms. The number of alkyl carbamates (subject to hydrolysis) is 1. The van der Waals surface area contributed by atoms with Gasteiger partial charge in [-0.05, 0) is 36.1 Å². The molecule has 2 aromatic carbocycles. The Hall–Kier alpha value is -2.82. The van der Waals surface area contributed by atoms with Gasteiger partial charge in [0.05, 0.1) is 6.42 Å². The van der Waals surface area contributed by atoms with Gasteiger partial charge < -0.3 is 15.2 Å². The molecule has 5 heteroatoms. The molecule has 0 aliphatic heterocycles. The van der Waals surface area contributed by atoms with Crippen molar-refractivity contribution in [1.82, 2.24) is 5.32 Å². The van der Waals surface area contributed by atoms with Crippen LogP contribution in [0.4, 0.5) is 4.79 Å². The van der Waals surface area contributed by atoms with E-state index in [1.165, 1.54) is 11.1 Å². The number of aliphatic carboxylic acids is 1. The number of nitrogens with one attached hydrogen (secondary N) is 1. The fraction of sp³-hybridized carbons (Fsp3) is 0.300. The van der Waals surface area contributed by atoms with E-state index in [1.807, 2.05) is 24.3 Å². The number of rotatable bonds is 5. The van der Waals surface area contributed by atoms with Gasteiger partial charge in [0.15, 0.2) is 0 Å². The van der Waals surface area contributed by atoms with Crippen LogP contribution in [0.1, 0.15) is 37.3 Å². The molecule has 130 valence electrons. The second kappa shape index (κ2) is 6.59. The maximum absolute atomic E-state index is 12.1. The Morgan fingerprint density at radius 2 is 1.56 bits per heavy atom. The standard InChI is InChI=1S/C20H21NO4/c1-20(2,11-18(22)23)21-19(24)25-12-17-15-9-5-3-7-13(15)14-8-4-6-10-16(14)17/h3-10,17H,11-12H2,1-2H3,(H,21,24)(H,22,23). The summed E-state index contributed by atoms with van der Waals surface area (Å²) in [5.41, 5.74) is 3.74. The van der Waals surface area contributed by atoms with E-state index in [0.29, 0.717) is 0 Å². The number of carbonyl (C=O) groups is 2. The molecule has 1 aliphatic rings. The zero-order chi connectivity index (χ0) is 18.0. The van der Waals surface area contributed by atoms with Crippen LogP contribution in [0.3, 0.4) is 0 Å². The molecular formula is C20H21NO4. The molecular weight excluding hydrogens is 318 g/mol. The molecule has 0 saturated carbocycles. The van der Waals surface area contributed by atoms with Crippen LogP contribution in [-0.2, 0) is 9.53 Å². The highest BCUT2D eigenvalue weighted by Gasteiger charge is 2.30. The van der Waals surface area contributed by atoms with Gasteiger partial charge in [-0.15, -0.1) is 0 Å². The van der Waals surface area contributed by atoms with Crippen LogP contribution < -0.4 is 5.32 Å². The highest BCUT2D eigenvalue weighted by Crippen LogP contribution is 2.44. The molecule has 3 rings (SSSR count). The van der Waals surface area contributed by atoms with Crippen molar-refractivity contribution in [2.75, 3.05) is 6.61 Å². The molecule has 0 radical (unpaired) electrons. The Bertz CT molecular complexity index is 767. The average molecular weight is 339 g/mol. The van der Waals surface area contributed by atoms with Crippen LogP contribution in [0.5, 0.6) is 0 Å². The molecule has 0 heterocycles. The first-order chi connectivity index (χ1) is 11.9. The van der Waals surface area contributed by atoms with Gasteiger partial charge in [0.2, 0.25) is 0 Å².